The van der Waals surface area contributed by atoms with Gasteiger partial charge >= 0.3 is 18.2 Å². The Bertz CT molecular complexity index is 2480. The number of halogens is 5. The van der Waals surface area contributed by atoms with Crippen molar-refractivity contribution < 1.29 is 50.5 Å². The number of carbonyl (C=O) groups excluding carboxylic acids is 2. The Balaban J connectivity index is 1.21. The predicted octanol–water partition coefficient (Wildman–Crippen LogP) is 8.60. The van der Waals surface area contributed by atoms with E-state index in [2.05, 4.69) is 15.3 Å². The van der Waals surface area contributed by atoms with Crippen molar-refractivity contribution in [2.45, 2.75) is 127 Å². The maximum atomic E-state index is 17.6. The van der Waals surface area contributed by atoms with Gasteiger partial charge in [0.15, 0.2) is 17.5 Å². The lowest BCUT2D eigenvalue weighted by molar-refractivity contribution is 0.000850. The molecule has 2 unspecified atom stereocenters. The van der Waals surface area contributed by atoms with E-state index >= 15 is 13.2 Å². The van der Waals surface area contributed by atoms with Crippen molar-refractivity contribution in [1.82, 2.24) is 24.8 Å². The third kappa shape index (κ3) is 7.27. The summed E-state index contributed by atoms with van der Waals surface area (Å²) in [6.07, 6.45) is -0.0604. The molecule has 9 rings (SSSR count). The number of fused-ring (bicyclic) bond motifs is 7. The zero-order valence-electron chi connectivity index (χ0n) is 35.0. The van der Waals surface area contributed by atoms with Gasteiger partial charge in [-0.2, -0.15) is 9.97 Å². The highest BCUT2D eigenvalue weighted by Crippen LogP contribution is 2.49. The zero-order chi connectivity index (χ0) is 43.6. The lowest BCUT2D eigenvalue weighted by Crippen LogP contribution is -2.65. The van der Waals surface area contributed by atoms with E-state index in [1.165, 1.54) is 18.2 Å². The smallest absolute Gasteiger partial charge is 0.412 e. The Morgan fingerprint density at radius 1 is 0.967 bits per heavy atom. The van der Waals surface area contributed by atoms with E-state index in [4.69, 9.17) is 23.9 Å². The summed E-state index contributed by atoms with van der Waals surface area (Å²) in [6.45, 7) is 12.3. The Kier molecular flexibility index (Phi) is 9.53. The molecule has 5 atom stereocenters. The third-order valence-electron chi connectivity index (χ3n) is 12.2. The summed E-state index contributed by atoms with van der Waals surface area (Å²) in [7, 11) is 0. The molecule has 0 aliphatic carbocycles. The van der Waals surface area contributed by atoms with Gasteiger partial charge in [0, 0.05) is 29.6 Å². The first-order valence-electron chi connectivity index (χ1n) is 20.6. The molecular weight excluding hydrogens is 806 g/mol. The maximum absolute atomic E-state index is 17.6. The van der Waals surface area contributed by atoms with Crippen molar-refractivity contribution in [1.29, 1.82) is 0 Å². The van der Waals surface area contributed by atoms with Crippen LogP contribution in [0.3, 0.4) is 0 Å². The first-order chi connectivity index (χ1) is 28.6. The molecule has 2 aromatic carbocycles. The SMILES string of the molecule is C[C@@H]1Oc2nc(-c3cc(NC(=O)OC(C)(C)C)cc4ccc(F)c(F)c34)c(F)c3nc(OCC45CCCN4CC(F)(F)C5)nc(c23)N2C[C@H]3CC[C@@H](C12)N3C(=O)OC(C)(C)C. The lowest BCUT2D eigenvalue weighted by atomic mass is 9.94. The molecule has 2 aromatic heterocycles. The number of pyridine rings is 1. The minimum atomic E-state index is -2.92. The summed E-state index contributed by atoms with van der Waals surface area (Å²) in [5, 5.41) is 2.45. The number of nitrogens with one attached hydrogen (secondary N) is 1. The fourth-order valence-corrected chi connectivity index (χ4v) is 10.0. The number of amides is 2. The number of rotatable bonds is 5. The molecule has 0 spiro atoms. The number of hydrogen-bond acceptors (Lipinski definition) is 11. The molecule has 5 aliphatic rings. The van der Waals surface area contributed by atoms with Gasteiger partial charge < -0.3 is 23.8 Å². The van der Waals surface area contributed by atoms with E-state index in [0.717, 1.165) is 6.07 Å². The van der Waals surface area contributed by atoms with Crippen LogP contribution < -0.4 is 19.7 Å². The number of piperazine rings is 1. The largest absolute Gasteiger partial charge is 0.472 e. The van der Waals surface area contributed by atoms with Gasteiger partial charge in [0.25, 0.3) is 5.92 Å². The Hall–Kier alpha value is -5.26. The van der Waals surface area contributed by atoms with Crippen molar-refractivity contribution in [2.75, 3.05) is 36.5 Å². The van der Waals surface area contributed by atoms with Gasteiger partial charge in [0.2, 0.25) is 5.88 Å². The molecule has 4 saturated heterocycles. The van der Waals surface area contributed by atoms with Crippen LogP contribution in [0.4, 0.5) is 43.0 Å². The van der Waals surface area contributed by atoms with Gasteiger partial charge in [-0.15, -0.1) is 0 Å². The van der Waals surface area contributed by atoms with E-state index in [-0.39, 0.29) is 69.8 Å². The van der Waals surface area contributed by atoms with Crippen molar-refractivity contribution in [3.63, 3.8) is 0 Å². The van der Waals surface area contributed by atoms with Crippen LogP contribution in [0.25, 0.3) is 32.9 Å². The normalized spacial score (nSPS) is 25.6. The summed E-state index contributed by atoms with van der Waals surface area (Å²) in [6, 6.07) is 3.26. The summed E-state index contributed by atoms with van der Waals surface area (Å²) in [5.41, 5.74) is -3.60. The first-order valence-corrected chi connectivity index (χ1v) is 20.6. The first kappa shape index (κ1) is 41.1. The van der Waals surface area contributed by atoms with Crippen LogP contribution in [0.2, 0.25) is 0 Å². The van der Waals surface area contributed by atoms with Crippen LogP contribution in [0, 0.1) is 17.5 Å². The van der Waals surface area contributed by atoms with Gasteiger partial charge in [-0.3, -0.25) is 15.1 Å². The van der Waals surface area contributed by atoms with E-state index in [9.17, 15) is 18.4 Å². The highest BCUT2D eigenvalue weighted by Gasteiger charge is 2.58. The average molecular weight is 854 g/mol. The maximum Gasteiger partial charge on any atom is 0.412 e. The van der Waals surface area contributed by atoms with Gasteiger partial charge in [0.1, 0.15) is 46.3 Å². The zero-order valence-corrected chi connectivity index (χ0v) is 35.0. The van der Waals surface area contributed by atoms with Gasteiger partial charge in [-0.05, 0) is 104 Å². The number of ether oxygens (including phenoxy) is 4. The molecule has 0 radical (unpaired) electrons. The number of benzene rings is 2. The monoisotopic (exact) mass is 853 g/mol. The topological polar surface area (TPSA) is 131 Å². The number of carbonyl (C=O) groups is 2. The molecule has 2 bridgehead atoms. The van der Waals surface area contributed by atoms with Gasteiger partial charge in [-0.1, -0.05) is 6.07 Å². The molecule has 2 amide bonds. The van der Waals surface area contributed by atoms with E-state index in [1.807, 2.05) is 4.90 Å². The fourth-order valence-electron chi connectivity index (χ4n) is 10.0. The molecule has 0 saturated carbocycles. The molecule has 1 N–H and O–H groups in total. The van der Waals surface area contributed by atoms with Crippen molar-refractivity contribution >= 4 is 45.4 Å². The number of aromatic nitrogens is 3. The second-order valence-electron chi connectivity index (χ2n) is 19.0. The highest BCUT2D eigenvalue weighted by atomic mass is 19.3. The standard InChI is InChI=1S/C43H48F5N7O6/c1-21-34-27-12-10-24(55(27)39(57)61-41(5,6)7)17-54(34)35-29-33(51-37(52-35)58-20-42-13-8-14-53(42)19-43(47,48)18-42)31(46)32(50-36(29)59-21)25-16-23(49-38(56)60-40(2,3)4)15-22-9-11-26(44)30(45)28(22)25/h9,11,15-16,21,24,27,34H,8,10,12-14,17-20H2,1-7H3,(H,49,56)/t21-,24+,27-,34?,42?/m0/s1. The van der Waals surface area contributed by atoms with Crippen molar-refractivity contribution in [3.8, 4) is 23.1 Å². The molecule has 61 heavy (non-hydrogen) atoms. The fraction of sp³-hybridized carbons (Fsp3) is 0.558. The second kappa shape index (κ2) is 14.1. The summed E-state index contributed by atoms with van der Waals surface area (Å²) in [5.74, 6) is -6.40. The predicted molar refractivity (Wildman–Crippen MR) is 215 cm³/mol. The molecule has 18 heteroatoms. The Labute approximate surface area is 348 Å². The van der Waals surface area contributed by atoms with E-state index in [0.29, 0.717) is 32.2 Å². The van der Waals surface area contributed by atoms with E-state index in [1.54, 1.807) is 58.3 Å². The summed E-state index contributed by atoms with van der Waals surface area (Å²) >= 11 is 0. The van der Waals surface area contributed by atoms with Crippen LogP contribution in [-0.2, 0) is 9.47 Å². The Morgan fingerprint density at radius 2 is 1.72 bits per heavy atom. The average Bonchev–Trinajstić information content (AvgIpc) is 3.73. The molecular formula is C43H48F5N7O6. The molecule has 326 valence electrons. The Morgan fingerprint density at radius 3 is 2.46 bits per heavy atom. The molecule has 4 fully saturated rings. The minimum absolute atomic E-state index is 0.0696. The number of alkyl halides is 2. The summed E-state index contributed by atoms with van der Waals surface area (Å²) in [4.78, 5) is 46.1. The molecule has 4 aromatic rings. The number of nitrogens with zero attached hydrogens (tertiary/aromatic N) is 6. The van der Waals surface area contributed by atoms with Crippen LogP contribution in [0.5, 0.6) is 11.9 Å². The number of hydrogen-bond donors (Lipinski definition) is 1. The second-order valence-corrected chi connectivity index (χ2v) is 19.0. The van der Waals surface area contributed by atoms with E-state index < -0.39 is 89.1 Å². The van der Waals surface area contributed by atoms with Gasteiger partial charge in [0.05, 0.1) is 30.2 Å². The van der Waals surface area contributed by atoms with Crippen molar-refractivity contribution in [2.24, 2.45) is 0 Å². The quantitative estimate of drug-likeness (QED) is 0.194. The van der Waals surface area contributed by atoms with Crippen LogP contribution in [0.15, 0.2) is 24.3 Å². The minimum Gasteiger partial charge on any atom is -0.472 e. The van der Waals surface area contributed by atoms with Gasteiger partial charge in [-0.25, -0.2) is 36.5 Å². The van der Waals surface area contributed by atoms with Crippen LogP contribution >= 0.6 is 0 Å². The highest BCUT2D eigenvalue weighted by molar-refractivity contribution is 6.04. The van der Waals surface area contributed by atoms with Crippen molar-refractivity contribution in [3.05, 3.63) is 41.7 Å². The number of anilines is 2. The molecule has 5 aliphatic heterocycles. The third-order valence-corrected chi connectivity index (χ3v) is 12.2. The lowest BCUT2D eigenvalue weighted by Gasteiger charge is -2.48. The molecule has 13 nitrogen and oxygen atoms in total. The van der Waals surface area contributed by atoms with Crippen LogP contribution in [0.1, 0.15) is 80.6 Å². The summed E-state index contributed by atoms with van der Waals surface area (Å²) < 4.78 is 102. The van der Waals surface area contributed by atoms with Crippen LogP contribution in [-0.4, -0.2) is 110 Å². The molecule has 7 heterocycles.